The second-order valence-corrected chi connectivity index (χ2v) is 9.18. The molecule has 1 fully saturated rings. The number of hydrogen-bond donors (Lipinski definition) is 2. The highest BCUT2D eigenvalue weighted by Gasteiger charge is 2.32. The first-order chi connectivity index (χ1) is 18.0. The van der Waals surface area contributed by atoms with Crippen molar-refractivity contribution in [3.8, 4) is 22.6 Å². The molecular formula is C29H30N2O6. The lowest BCUT2D eigenvalue weighted by molar-refractivity contribution is 0.0678. The summed E-state index contributed by atoms with van der Waals surface area (Å²) in [6.45, 7) is 0.562. The maximum atomic E-state index is 13.5. The van der Waals surface area contributed by atoms with Crippen LogP contribution >= 0.6 is 0 Å². The van der Waals surface area contributed by atoms with Gasteiger partial charge < -0.3 is 24.2 Å². The second-order valence-electron chi connectivity index (χ2n) is 9.18. The molecule has 1 aliphatic heterocycles. The van der Waals surface area contributed by atoms with Crippen LogP contribution in [0.1, 0.15) is 40.2 Å². The number of likely N-dealkylation sites (tertiary alicyclic amines) is 1. The number of rotatable bonds is 7. The van der Waals surface area contributed by atoms with Crippen LogP contribution in [-0.2, 0) is 4.74 Å². The number of carbonyl (C=O) groups excluding carboxylic acids is 2. The number of carbonyl (C=O) groups is 2. The highest BCUT2D eigenvalue weighted by atomic mass is 16.5. The molecule has 2 amide bonds. The molecule has 3 aromatic carbocycles. The fraction of sp³-hybridized carbons (Fsp3) is 0.310. The predicted molar refractivity (Wildman–Crippen MR) is 139 cm³/mol. The molecule has 1 saturated heterocycles. The fourth-order valence-electron chi connectivity index (χ4n) is 5.35. The topological polar surface area (TPSA) is 97.3 Å². The van der Waals surface area contributed by atoms with E-state index in [1.807, 2.05) is 24.3 Å². The van der Waals surface area contributed by atoms with Gasteiger partial charge in [0, 0.05) is 18.5 Å². The minimum Gasteiger partial charge on any atom is -0.493 e. The zero-order valence-corrected chi connectivity index (χ0v) is 20.9. The molecule has 8 heteroatoms. The number of aliphatic hydroxyl groups excluding tert-OH is 1. The van der Waals surface area contributed by atoms with E-state index >= 15 is 0 Å². The standard InChI is InChI=1S/C29H30N2O6/c1-35-26-14-23(28(33)31-13-7-8-18(31)16-32)25(15-27(26)36-2)30-29(34)37-17-24-21-11-5-3-9-19(21)20-10-4-6-12-22(20)24/h3-6,9-12,14-15,18,24,32H,7-8,13,16-17H2,1-2H3,(H,30,34)/t18-/m0/s1. The number of fused-ring (bicyclic) bond motifs is 3. The molecule has 0 radical (unpaired) electrons. The van der Waals surface area contributed by atoms with Crippen LogP contribution < -0.4 is 14.8 Å². The molecule has 3 aromatic rings. The number of aliphatic hydroxyl groups is 1. The van der Waals surface area contributed by atoms with Crippen molar-refractivity contribution in [3.05, 3.63) is 77.4 Å². The third-order valence-corrected chi connectivity index (χ3v) is 7.18. The van der Waals surface area contributed by atoms with Gasteiger partial charge in [0.25, 0.3) is 5.91 Å². The molecule has 0 aromatic heterocycles. The van der Waals surface area contributed by atoms with Crippen molar-refractivity contribution in [1.82, 2.24) is 4.90 Å². The Bertz CT molecular complexity index is 1280. The first kappa shape index (κ1) is 24.6. The summed E-state index contributed by atoms with van der Waals surface area (Å²) < 4.78 is 16.5. The van der Waals surface area contributed by atoms with Crippen LogP contribution in [0.25, 0.3) is 11.1 Å². The molecule has 192 valence electrons. The minimum absolute atomic E-state index is 0.0837. The summed E-state index contributed by atoms with van der Waals surface area (Å²) in [5.41, 5.74) is 5.01. The molecule has 0 unspecified atom stereocenters. The smallest absolute Gasteiger partial charge is 0.411 e. The van der Waals surface area contributed by atoms with Crippen molar-refractivity contribution in [2.45, 2.75) is 24.8 Å². The number of nitrogens with zero attached hydrogens (tertiary/aromatic N) is 1. The van der Waals surface area contributed by atoms with Gasteiger partial charge in [-0.1, -0.05) is 48.5 Å². The normalized spacial score (nSPS) is 16.2. The van der Waals surface area contributed by atoms with Crippen LogP contribution in [0.3, 0.4) is 0 Å². The van der Waals surface area contributed by atoms with Crippen molar-refractivity contribution in [2.24, 2.45) is 0 Å². The Kier molecular flexibility index (Phi) is 7.01. The van der Waals surface area contributed by atoms with E-state index < -0.39 is 6.09 Å². The summed E-state index contributed by atoms with van der Waals surface area (Å²) in [6, 6.07) is 19.1. The van der Waals surface area contributed by atoms with E-state index in [1.165, 1.54) is 14.2 Å². The predicted octanol–water partition coefficient (Wildman–Crippen LogP) is 4.66. The number of nitrogens with one attached hydrogen (secondary N) is 1. The summed E-state index contributed by atoms with van der Waals surface area (Å²) >= 11 is 0. The van der Waals surface area contributed by atoms with Crippen LogP contribution in [0.2, 0.25) is 0 Å². The molecule has 0 spiro atoms. The van der Waals surface area contributed by atoms with Gasteiger partial charge in [0.2, 0.25) is 0 Å². The quantitative estimate of drug-likeness (QED) is 0.488. The summed E-state index contributed by atoms with van der Waals surface area (Å²) in [5, 5.41) is 12.5. The Morgan fingerprint density at radius 2 is 1.59 bits per heavy atom. The van der Waals surface area contributed by atoms with Gasteiger partial charge in [0.05, 0.1) is 38.1 Å². The fourth-order valence-corrected chi connectivity index (χ4v) is 5.35. The number of amides is 2. The van der Waals surface area contributed by atoms with E-state index in [9.17, 15) is 14.7 Å². The summed E-state index contributed by atoms with van der Waals surface area (Å²) in [5.74, 6) is 0.350. The Morgan fingerprint density at radius 1 is 0.973 bits per heavy atom. The molecule has 1 heterocycles. The van der Waals surface area contributed by atoms with E-state index in [0.717, 1.165) is 35.1 Å². The van der Waals surface area contributed by atoms with Crippen LogP contribution in [0, 0.1) is 0 Å². The van der Waals surface area contributed by atoms with E-state index in [4.69, 9.17) is 14.2 Å². The molecular weight excluding hydrogens is 472 g/mol. The number of hydrogen-bond acceptors (Lipinski definition) is 6. The maximum absolute atomic E-state index is 13.5. The van der Waals surface area contributed by atoms with Gasteiger partial charge in [0.1, 0.15) is 6.61 Å². The average Bonchev–Trinajstić information content (AvgIpc) is 3.54. The third kappa shape index (κ3) is 4.60. The Labute approximate surface area is 215 Å². The highest BCUT2D eigenvalue weighted by molar-refractivity contribution is 6.04. The van der Waals surface area contributed by atoms with Crippen LogP contribution in [0.5, 0.6) is 11.5 Å². The number of ether oxygens (including phenoxy) is 3. The van der Waals surface area contributed by atoms with Crippen molar-refractivity contribution in [2.75, 3.05) is 39.3 Å². The number of methoxy groups -OCH3 is 2. The molecule has 2 N–H and O–H groups in total. The van der Waals surface area contributed by atoms with Gasteiger partial charge in [-0.05, 0) is 41.2 Å². The highest BCUT2D eigenvalue weighted by Crippen LogP contribution is 2.44. The minimum atomic E-state index is -0.678. The van der Waals surface area contributed by atoms with Crippen LogP contribution in [0.4, 0.5) is 10.5 Å². The molecule has 2 aliphatic rings. The van der Waals surface area contributed by atoms with Crippen LogP contribution in [0.15, 0.2) is 60.7 Å². The average molecular weight is 503 g/mol. The molecule has 0 saturated carbocycles. The lowest BCUT2D eigenvalue weighted by atomic mass is 9.98. The van der Waals surface area contributed by atoms with Gasteiger partial charge in [-0.2, -0.15) is 0 Å². The third-order valence-electron chi connectivity index (χ3n) is 7.18. The first-order valence-electron chi connectivity index (χ1n) is 12.4. The van der Waals surface area contributed by atoms with Crippen molar-refractivity contribution >= 4 is 17.7 Å². The van der Waals surface area contributed by atoms with Crippen LogP contribution in [-0.4, -0.2) is 62.0 Å². The first-order valence-corrected chi connectivity index (χ1v) is 12.4. The van der Waals surface area contributed by atoms with Crippen molar-refractivity contribution < 1.29 is 28.9 Å². The van der Waals surface area contributed by atoms with Gasteiger partial charge in [0.15, 0.2) is 11.5 Å². The number of anilines is 1. The van der Waals surface area contributed by atoms with Gasteiger partial charge in [-0.3, -0.25) is 10.1 Å². The Morgan fingerprint density at radius 3 is 2.22 bits per heavy atom. The van der Waals surface area contributed by atoms with Gasteiger partial charge >= 0.3 is 6.09 Å². The monoisotopic (exact) mass is 502 g/mol. The van der Waals surface area contributed by atoms with E-state index in [1.54, 1.807) is 17.0 Å². The van der Waals surface area contributed by atoms with Crippen molar-refractivity contribution in [1.29, 1.82) is 0 Å². The summed E-state index contributed by atoms with van der Waals surface area (Å²) in [4.78, 5) is 28.1. The molecule has 37 heavy (non-hydrogen) atoms. The molecule has 1 aliphatic carbocycles. The van der Waals surface area contributed by atoms with E-state index in [-0.39, 0.29) is 42.3 Å². The SMILES string of the molecule is COc1cc(NC(=O)OCC2c3ccccc3-c3ccccc32)c(C(=O)N2CCC[C@H]2CO)cc1OC. The molecule has 1 atom stereocenters. The summed E-state index contributed by atoms with van der Waals surface area (Å²) in [7, 11) is 2.97. The maximum Gasteiger partial charge on any atom is 0.411 e. The Balaban J connectivity index is 1.38. The number of benzene rings is 3. The lowest BCUT2D eigenvalue weighted by Gasteiger charge is -2.25. The van der Waals surface area contributed by atoms with E-state index in [0.29, 0.717) is 18.0 Å². The zero-order chi connectivity index (χ0) is 25.9. The van der Waals surface area contributed by atoms with Gasteiger partial charge in [-0.25, -0.2) is 4.79 Å². The molecule has 0 bridgehead atoms. The lowest BCUT2D eigenvalue weighted by Crippen LogP contribution is -2.38. The van der Waals surface area contributed by atoms with Gasteiger partial charge in [-0.15, -0.1) is 0 Å². The zero-order valence-electron chi connectivity index (χ0n) is 20.9. The molecule has 8 nitrogen and oxygen atoms in total. The van der Waals surface area contributed by atoms with E-state index in [2.05, 4.69) is 29.6 Å². The molecule has 5 rings (SSSR count). The summed E-state index contributed by atoms with van der Waals surface area (Å²) in [6.07, 6.45) is 0.854. The second kappa shape index (κ2) is 10.5. The largest absolute Gasteiger partial charge is 0.493 e. The Hall–Kier alpha value is -4.04. The van der Waals surface area contributed by atoms with Crippen molar-refractivity contribution in [3.63, 3.8) is 0 Å².